The fourth-order valence-corrected chi connectivity index (χ4v) is 3.75. The molecule has 2 aliphatic heterocycles. The maximum atomic E-state index is 6.24. The first-order valence-electron chi connectivity index (χ1n) is 7.84. The molecular formula is C17H22Cl2N3+. The molecule has 1 aromatic carbocycles. The van der Waals surface area contributed by atoms with Gasteiger partial charge in [-0.1, -0.05) is 28.3 Å². The van der Waals surface area contributed by atoms with Gasteiger partial charge in [-0.15, -0.1) is 4.59 Å². The molecule has 0 radical (unpaired) electrons. The fourth-order valence-electron chi connectivity index (χ4n) is 3.43. The molecule has 5 heteroatoms. The highest BCUT2D eigenvalue weighted by atomic mass is 35.5. The molecule has 0 saturated carbocycles. The Hall–Kier alpha value is -0.870. The second-order valence-electron chi connectivity index (χ2n) is 6.33. The number of hydrogen-bond donors (Lipinski definition) is 0. The lowest BCUT2D eigenvalue weighted by molar-refractivity contribution is 0.123. The molecule has 22 heavy (non-hydrogen) atoms. The molecule has 0 aliphatic carbocycles. The molecule has 2 heterocycles. The van der Waals surface area contributed by atoms with Crippen LogP contribution in [0.4, 0.5) is 5.69 Å². The molecule has 1 atom stereocenters. The predicted octanol–water partition coefficient (Wildman–Crippen LogP) is 4.60. The highest BCUT2D eigenvalue weighted by Gasteiger charge is 2.43. The highest BCUT2D eigenvalue weighted by molar-refractivity contribution is 6.39. The molecule has 0 N–H and O–H groups in total. The zero-order valence-corrected chi connectivity index (χ0v) is 14.6. The lowest BCUT2D eigenvalue weighted by Crippen LogP contribution is -2.53. The van der Waals surface area contributed by atoms with E-state index >= 15 is 0 Å². The number of nitrogens with zero attached hydrogens (tertiary/aromatic N) is 3. The molecule has 1 aromatic rings. The van der Waals surface area contributed by atoms with Gasteiger partial charge in [0.2, 0.25) is 0 Å². The minimum absolute atomic E-state index is 0.420. The Kier molecular flexibility index (Phi) is 4.60. The molecule has 2 aliphatic rings. The van der Waals surface area contributed by atoms with E-state index in [1.165, 1.54) is 0 Å². The van der Waals surface area contributed by atoms with Crippen molar-refractivity contribution in [3.63, 3.8) is 0 Å². The van der Waals surface area contributed by atoms with Gasteiger partial charge in [-0.3, -0.25) is 0 Å². The molecule has 0 spiro atoms. The number of benzene rings is 1. The smallest absolute Gasteiger partial charge is 0.164 e. The van der Waals surface area contributed by atoms with Gasteiger partial charge in [0.05, 0.1) is 0 Å². The molecule has 1 fully saturated rings. The molecule has 3 nitrogen and oxygen atoms in total. The minimum Gasteiger partial charge on any atom is -0.300 e. The van der Waals surface area contributed by atoms with Gasteiger partial charge < -0.3 is 4.90 Å². The Labute approximate surface area is 142 Å². The van der Waals surface area contributed by atoms with Crippen molar-refractivity contribution in [3.05, 3.63) is 40.5 Å². The van der Waals surface area contributed by atoms with Gasteiger partial charge in [0, 0.05) is 49.1 Å². The summed E-state index contributed by atoms with van der Waals surface area (Å²) >= 11 is 12.3. The monoisotopic (exact) mass is 338 g/mol. The number of piperidine rings is 1. The third-order valence-corrected chi connectivity index (χ3v) is 5.17. The Bertz CT molecular complexity index is 586. The van der Waals surface area contributed by atoms with E-state index in [0.29, 0.717) is 21.7 Å². The van der Waals surface area contributed by atoms with E-state index < -0.39 is 0 Å². The summed E-state index contributed by atoms with van der Waals surface area (Å²) in [6.45, 7) is 6.73. The van der Waals surface area contributed by atoms with Crippen LogP contribution < -0.4 is 4.59 Å². The molecule has 1 unspecified atom stereocenters. The highest BCUT2D eigenvalue weighted by Crippen LogP contribution is 2.37. The predicted molar refractivity (Wildman–Crippen MR) is 95.4 cm³/mol. The number of rotatable bonds is 3. The first-order chi connectivity index (χ1) is 10.5. The van der Waals surface area contributed by atoms with Crippen molar-refractivity contribution in [2.45, 2.75) is 38.8 Å². The summed E-state index contributed by atoms with van der Waals surface area (Å²) in [6, 6.07) is 8.99. The average Bonchev–Trinajstić information content (AvgIpc) is 2.91. The number of likely N-dealkylation sites (tertiary alicyclic amines) is 1. The second kappa shape index (κ2) is 6.32. The summed E-state index contributed by atoms with van der Waals surface area (Å²) in [7, 11) is 0. The van der Waals surface area contributed by atoms with E-state index in [1.807, 2.05) is 12.1 Å². The fraction of sp³-hybridized carbons (Fsp3) is 0.471. The summed E-state index contributed by atoms with van der Waals surface area (Å²) in [4.78, 5) is 2.53. The Morgan fingerprint density at radius 3 is 2.27 bits per heavy atom. The minimum atomic E-state index is 0.420. The number of hydrogen-bond acceptors (Lipinski definition) is 2. The van der Waals surface area contributed by atoms with Crippen LogP contribution in [0.5, 0.6) is 0 Å². The topological polar surface area (TPSA) is 15.6 Å². The maximum absolute atomic E-state index is 6.24. The molecule has 0 bridgehead atoms. The quantitative estimate of drug-likeness (QED) is 0.735. The molecule has 118 valence electrons. The molecule has 1 saturated heterocycles. The zero-order chi connectivity index (χ0) is 15.7. The summed E-state index contributed by atoms with van der Waals surface area (Å²) in [5, 5.41) is 6.22. The van der Waals surface area contributed by atoms with E-state index in [9.17, 15) is 0 Å². The standard InChI is InChI=1S/C17H22Cl2N3/c1-13(2)21-9-7-17(8-10-21)22(12-15(19)11-20-22)16-5-3-14(18)4-6-16/h3-6,11-13,17H,7-10H2,1-2H3/q+1. The third kappa shape index (κ3) is 2.95. The first-order valence-corrected chi connectivity index (χ1v) is 8.59. The lowest BCUT2D eigenvalue weighted by Gasteiger charge is -2.40. The molecule has 0 aromatic heterocycles. The summed E-state index contributed by atoms with van der Waals surface area (Å²) in [6.07, 6.45) is 6.04. The second-order valence-corrected chi connectivity index (χ2v) is 7.21. The summed E-state index contributed by atoms with van der Waals surface area (Å²) in [5.74, 6) is 0. The summed E-state index contributed by atoms with van der Waals surface area (Å²) < 4.78 is 0.474. The van der Waals surface area contributed by atoms with Crippen molar-refractivity contribution >= 4 is 35.1 Å². The van der Waals surface area contributed by atoms with Crippen molar-refractivity contribution in [1.82, 2.24) is 9.49 Å². The SMILES string of the molecule is CC(C)N1CCC([N+]2(c3ccc(Cl)cc3)C=C(Cl)C=N2)CC1. The Morgan fingerprint density at radius 1 is 1.14 bits per heavy atom. The van der Waals surface area contributed by atoms with Crippen LogP contribution in [0.25, 0.3) is 0 Å². The van der Waals surface area contributed by atoms with Gasteiger partial charge in [0.15, 0.2) is 5.69 Å². The van der Waals surface area contributed by atoms with Crippen LogP contribution in [0.1, 0.15) is 26.7 Å². The van der Waals surface area contributed by atoms with Crippen molar-refractivity contribution in [3.8, 4) is 0 Å². The van der Waals surface area contributed by atoms with Crippen LogP contribution in [-0.4, -0.2) is 36.3 Å². The molecule has 3 rings (SSSR count). The van der Waals surface area contributed by atoms with Gasteiger partial charge >= 0.3 is 0 Å². The van der Waals surface area contributed by atoms with Crippen LogP contribution in [0.15, 0.2) is 40.6 Å². The van der Waals surface area contributed by atoms with E-state index in [2.05, 4.69) is 37.1 Å². The van der Waals surface area contributed by atoms with Gasteiger partial charge in [0.1, 0.15) is 23.5 Å². The molecule has 0 amide bonds. The van der Waals surface area contributed by atoms with E-state index in [1.54, 1.807) is 6.21 Å². The van der Waals surface area contributed by atoms with Crippen LogP contribution >= 0.6 is 23.2 Å². The Balaban J connectivity index is 1.89. The third-order valence-electron chi connectivity index (χ3n) is 4.72. The van der Waals surface area contributed by atoms with Crippen LogP contribution in [0.2, 0.25) is 5.02 Å². The lowest BCUT2D eigenvalue weighted by atomic mass is 10.0. The van der Waals surface area contributed by atoms with Gasteiger partial charge in [-0.25, -0.2) is 0 Å². The number of quaternary nitrogens is 1. The van der Waals surface area contributed by atoms with Gasteiger partial charge in [0.25, 0.3) is 0 Å². The number of allylic oxidation sites excluding steroid dienone is 1. The van der Waals surface area contributed by atoms with Crippen molar-refractivity contribution in [1.29, 1.82) is 0 Å². The first kappa shape index (κ1) is 16.0. The van der Waals surface area contributed by atoms with Crippen LogP contribution in [-0.2, 0) is 0 Å². The number of halogens is 2. The van der Waals surface area contributed by atoms with Crippen molar-refractivity contribution in [2.75, 3.05) is 13.1 Å². The van der Waals surface area contributed by atoms with Gasteiger partial charge in [-0.2, -0.15) is 0 Å². The van der Waals surface area contributed by atoms with Crippen molar-refractivity contribution < 1.29 is 0 Å². The van der Waals surface area contributed by atoms with Crippen molar-refractivity contribution in [2.24, 2.45) is 5.10 Å². The normalized spacial score (nSPS) is 26.7. The maximum Gasteiger partial charge on any atom is 0.164 e. The zero-order valence-electron chi connectivity index (χ0n) is 13.0. The van der Waals surface area contributed by atoms with E-state index in [-0.39, 0.29) is 0 Å². The molecular weight excluding hydrogens is 317 g/mol. The van der Waals surface area contributed by atoms with Crippen LogP contribution in [0.3, 0.4) is 0 Å². The van der Waals surface area contributed by atoms with Crippen LogP contribution in [0, 0.1) is 0 Å². The largest absolute Gasteiger partial charge is 0.300 e. The van der Waals surface area contributed by atoms with E-state index in [4.69, 9.17) is 28.3 Å². The van der Waals surface area contributed by atoms with E-state index in [0.717, 1.165) is 36.6 Å². The van der Waals surface area contributed by atoms with Gasteiger partial charge in [-0.05, 0) is 26.0 Å². The average molecular weight is 339 g/mol. The Morgan fingerprint density at radius 2 is 1.77 bits per heavy atom. The summed E-state index contributed by atoms with van der Waals surface area (Å²) in [5.41, 5.74) is 1.12.